The smallest absolute Gasteiger partial charge is 0.337 e. The van der Waals surface area contributed by atoms with Crippen molar-refractivity contribution in [3.63, 3.8) is 0 Å². The SMILES string of the molecule is COC(=O)c1cccc(S(=O)(=O)NC2(CN)CCCC2)c1. The Labute approximate surface area is 124 Å². The highest BCUT2D eigenvalue weighted by molar-refractivity contribution is 7.89. The summed E-state index contributed by atoms with van der Waals surface area (Å²) in [6.45, 7) is 0.267. The molecule has 0 unspecified atom stereocenters. The van der Waals surface area contributed by atoms with Crippen LogP contribution in [0.3, 0.4) is 0 Å². The molecule has 1 saturated carbocycles. The molecule has 1 aliphatic carbocycles. The van der Waals surface area contributed by atoms with Crippen LogP contribution in [-0.2, 0) is 14.8 Å². The highest BCUT2D eigenvalue weighted by Crippen LogP contribution is 2.30. The lowest BCUT2D eigenvalue weighted by Gasteiger charge is -2.28. The lowest BCUT2D eigenvalue weighted by atomic mass is 10.0. The quantitative estimate of drug-likeness (QED) is 0.791. The molecule has 116 valence electrons. The lowest BCUT2D eigenvalue weighted by Crippen LogP contribution is -2.51. The number of carbonyl (C=O) groups excluding carboxylic acids is 1. The second-order valence-corrected chi connectivity index (χ2v) is 7.00. The normalized spacial score (nSPS) is 17.6. The van der Waals surface area contributed by atoms with Crippen LogP contribution < -0.4 is 10.5 Å². The average molecular weight is 312 g/mol. The number of ether oxygens (including phenoxy) is 1. The minimum Gasteiger partial charge on any atom is -0.465 e. The van der Waals surface area contributed by atoms with Crippen LogP contribution in [-0.4, -0.2) is 33.6 Å². The average Bonchev–Trinajstić information content (AvgIpc) is 2.95. The summed E-state index contributed by atoms with van der Waals surface area (Å²) in [6.07, 6.45) is 3.39. The van der Waals surface area contributed by atoms with Crippen LogP contribution in [0.5, 0.6) is 0 Å². The van der Waals surface area contributed by atoms with Crippen molar-refractivity contribution in [1.82, 2.24) is 4.72 Å². The largest absolute Gasteiger partial charge is 0.465 e. The molecule has 1 aromatic rings. The van der Waals surface area contributed by atoms with Gasteiger partial charge in [-0.3, -0.25) is 0 Å². The van der Waals surface area contributed by atoms with Gasteiger partial charge in [0.15, 0.2) is 0 Å². The van der Waals surface area contributed by atoms with Crippen LogP contribution in [0.25, 0.3) is 0 Å². The fourth-order valence-corrected chi connectivity index (χ4v) is 4.17. The molecule has 6 nitrogen and oxygen atoms in total. The zero-order valence-corrected chi connectivity index (χ0v) is 12.8. The third-order valence-electron chi connectivity index (χ3n) is 3.87. The maximum atomic E-state index is 12.5. The Morgan fingerprint density at radius 3 is 2.62 bits per heavy atom. The lowest BCUT2D eigenvalue weighted by molar-refractivity contribution is 0.0600. The van der Waals surface area contributed by atoms with Crippen LogP contribution in [0.4, 0.5) is 0 Å². The summed E-state index contributed by atoms with van der Waals surface area (Å²) in [5.74, 6) is -0.568. The van der Waals surface area contributed by atoms with Crippen molar-refractivity contribution in [3.05, 3.63) is 29.8 Å². The molecule has 7 heteroatoms. The minimum absolute atomic E-state index is 0.0464. The number of benzene rings is 1. The van der Waals surface area contributed by atoms with E-state index in [1.807, 2.05) is 0 Å². The molecule has 1 fully saturated rings. The molecule has 0 aromatic heterocycles. The molecule has 0 spiro atoms. The molecule has 0 aliphatic heterocycles. The maximum absolute atomic E-state index is 12.5. The van der Waals surface area contributed by atoms with Gasteiger partial charge in [0.25, 0.3) is 0 Å². The molecule has 3 N–H and O–H groups in total. The first kappa shape index (κ1) is 15.9. The van der Waals surface area contributed by atoms with Gasteiger partial charge in [0, 0.05) is 12.1 Å². The van der Waals surface area contributed by atoms with Gasteiger partial charge in [-0.1, -0.05) is 18.9 Å². The van der Waals surface area contributed by atoms with Crippen LogP contribution in [0.1, 0.15) is 36.0 Å². The predicted octanol–water partition coefficient (Wildman–Crippen LogP) is 1.02. The molecule has 0 atom stereocenters. The number of nitrogens with one attached hydrogen (secondary N) is 1. The number of hydrogen-bond donors (Lipinski definition) is 2. The second kappa shape index (κ2) is 6.13. The second-order valence-electron chi connectivity index (χ2n) is 5.32. The molecule has 0 saturated heterocycles. The van der Waals surface area contributed by atoms with E-state index in [0.29, 0.717) is 0 Å². The summed E-state index contributed by atoms with van der Waals surface area (Å²) in [5, 5.41) is 0. The first-order chi connectivity index (χ1) is 9.92. The highest BCUT2D eigenvalue weighted by atomic mass is 32.2. The number of sulfonamides is 1. The number of hydrogen-bond acceptors (Lipinski definition) is 5. The fraction of sp³-hybridized carbons (Fsp3) is 0.500. The van der Waals surface area contributed by atoms with Gasteiger partial charge in [-0.2, -0.15) is 0 Å². The van der Waals surface area contributed by atoms with Gasteiger partial charge in [-0.05, 0) is 31.0 Å². The van der Waals surface area contributed by atoms with E-state index >= 15 is 0 Å². The monoisotopic (exact) mass is 312 g/mol. The Bertz CT molecular complexity index is 622. The Morgan fingerprint density at radius 1 is 1.38 bits per heavy atom. The van der Waals surface area contributed by atoms with Crippen LogP contribution >= 0.6 is 0 Å². The molecule has 2 rings (SSSR count). The zero-order chi connectivity index (χ0) is 15.5. The summed E-state index contributed by atoms with van der Waals surface area (Å²) in [5.41, 5.74) is 5.39. The van der Waals surface area contributed by atoms with Crippen molar-refractivity contribution in [2.45, 2.75) is 36.1 Å². The van der Waals surface area contributed by atoms with Crippen molar-refractivity contribution in [3.8, 4) is 0 Å². The van der Waals surface area contributed by atoms with Gasteiger partial charge in [-0.15, -0.1) is 0 Å². The minimum atomic E-state index is -3.72. The van der Waals surface area contributed by atoms with Gasteiger partial charge >= 0.3 is 5.97 Å². The first-order valence-corrected chi connectivity index (χ1v) is 8.33. The van der Waals surface area contributed by atoms with E-state index < -0.39 is 21.5 Å². The summed E-state index contributed by atoms with van der Waals surface area (Å²) >= 11 is 0. The summed E-state index contributed by atoms with van der Waals surface area (Å²) < 4.78 is 32.3. The van der Waals surface area contributed by atoms with Gasteiger partial charge in [-0.25, -0.2) is 17.9 Å². The zero-order valence-electron chi connectivity index (χ0n) is 12.0. The molecule has 0 bridgehead atoms. The van der Waals surface area contributed by atoms with E-state index in [-0.39, 0.29) is 17.0 Å². The molecule has 1 aliphatic rings. The molecular weight excluding hydrogens is 292 g/mol. The Balaban J connectivity index is 2.29. The first-order valence-electron chi connectivity index (χ1n) is 6.85. The third kappa shape index (κ3) is 3.42. The van der Waals surface area contributed by atoms with Gasteiger partial charge in [0.05, 0.1) is 17.6 Å². The van der Waals surface area contributed by atoms with E-state index in [1.165, 1.54) is 31.4 Å². The Hall–Kier alpha value is -1.44. The standard InChI is InChI=1S/C14H20N2O4S/c1-20-13(17)11-5-4-6-12(9-11)21(18,19)16-14(10-15)7-2-3-8-14/h4-6,9,16H,2-3,7-8,10,15H2,1H3. The highest BCUT2D eigenvalue weighted by Gasteiger charge is 2.36. The number of methoxy groups -OCH3 is 1. The molecule has 0 amide bonds. The van der Waals surface area contributed by atoms with Gasteiger partial charge in [0.2, 0.25) is 10.0 Å². The van der Waals surface area contributed by atoms with Crippen molar-refractivity contribution in [2.24, 2.45) is 5.73 Å². The van der Waals surface area contributed by atoms with E-state index in [9.17, 15) is 13.2 Å². The third-order valence-corrected chi connectivity index (χ3v) is 5.44. The fourth-order valence-electron chi connectivity index (χ4n) is 2.65. The molecular formula is C14H20N2O4S. The number of nitrogens with two attached hydrogens (primary N) is 1. The summed E-state index contributed by atoms with van der Waals surface area (Å²) in [7, 11) is -2.46. The van der Waals surface area contributed by atoms with Gasteiger partial charge < -0.3 is 10.5 Å². The predicted molar refractivity (Wildman–Crippen MR) is 78.4 cm³/mol. The van der Waals surface area contributed by atoms with Crippen molar-refractivity contribution >= 4 is 16.0 Å². The molecule has 1 aromatic carbocycles. The molecule has 0 heterocycles. The van der Waals surface area contributed by atoms with E-state index in [4.69, 9.17) is 5.73 Å². The topological polar surface area (TPSA) is 98.5 Å². The van der Waals surface area contributed by atoms with Crippen LogP contribution in [0.15, 0.2) is 29.2 Å². The summed E-state index contributed by atoms with van der Waals surface area (Å²) in [6, 6.07) is 5.80. The van der Waals surface area contributed by atoms with E-state index in [0.717, 1.165) is 25.7 Å². The maximum Gasteiger partial charge on any atom is 0.337 e. The number of rotatable bonds is 5. The van der Waals surface area contributed by atoms with Crippen molar-refractivity contribution in [2.75, 3.05) is 13.7 Å². The Morgan fingerprint density at radius 2 is 2.05 bits per heavy atom. The van der Waals surface area contributed by atoms with Crippen LogP contribution in [0.2, 0.25) is 0 Å². The van der Waals surface area contributed by atoms with Gasteiger partial charge in [0.1, 0.15) is 0 Å². The Kier molecular flexibility index (Phi) is 4.65. The van der Waals surface area contributed by atoms with Crippen molar-refractivity contribution in [1.29, 1.82) is 0 Å². The molecule has 0 radical (unpaired) electrons. The van der Waals surface area contributed by atoms with E-state index in [2.05, 4.69) is 9.46 Å². The number of esters is 1. The van der Waals surface area contributed by atoms with E-state index in [1.54, 1.807) is 0 Å². The number of carbonyl (C=O) groups is 1. The summed E-state index contributed by atoms with van der Waals surface area (Å²) in [4.78, 5) is 11.5. The molecule has 21 heavy (non-hydrogen) atoms. The van der Waals surface area contributed by atoms with Crippen LogP contribution in [0, 0.1) is 0 Å². The van der Waals surface area contributed by atoms with Crippen molar-refractivity contribution < 1.29 is 17.9 Å².